The van der Waals surface area contributed by atoms with Crippen LogP contribution in [0.5, 0.6) is 5.75 Å². The van der Waals surface area contributed by atoms with E-state index in [4.69, 9.17) is 4.74 Å². The Labute approximate surface area is 194 Å². The molecule has 0 aliphatic rings. The van der Waals surface area contributed by atoms with Gasteiger partial charge < -0.3 is 4.74 Å². The zero-order valence-corrected chi connectivity index (χ0v) is 18.9. The average Bonchev–Trinajstić information content (AvgIpc) is 2.87. The second-order valence-corrected chi connectivity index (χ2v) is 8.27. The minimum atomic E-state index is 0.693. The van der Waals surface area contributed by atoms with E-state index in [-0.39, 0.29) is 0 Å². The first-order chi connectivity index (χ1) is 16.3. The monoisotopic (exact) mass is 433 g/mol. The van der Waals surface area contributed by atoms with Crippen molar-refractivity contribution in [2.75, 3.05) is 6.61 Å². The molecular formula is C29H27N3O. The minimum Gasteiger partial charge on any atom is -0.493 e. The van der Waals surface area contributed by atoms with Crippen molar-refractivity contribution in [2.45, 2.75) is 32.6 Å². The van der Waals surface area contributed by atoms with Gasteiger partial charge in [0.05, 0.1) is 23.2 Å². The fraction of sp³-hybridized carbons (Fsp3) is 0.207. The summed E-state index contributed by atoms with van der Waals surface area (Å²) in [6.07, 6.45) is 9.37. The molecule has 4 heteroatoms. The Balaban J connectivity index is 1.29. The molecule has 5 aromatic rings. The molecule has 0 atom stereocenters. The highest BCUT2D eigenvalue weighted by molar-refractivity contribution is 5.82. The highest BCUT2D eigenvalue weighted by atomic mass is 16.5. The fourth-order valence-electron chi connectivity index (χ4n) is 4.33. The molecule has 0 saturated heterocycles. The van der Waals surface area contributed by atoms with Crippen LogP contribution in [0.1, 0.15) is 30.9 Å². The van der Waals surface area contributed by atoms with E-state index in [9.17, 15) is 0 Å². The smallest absolute Gasteiger partial charge is 0.122 e. The van der Waals surface area contributed by atoms with Crippen LogP contribution in [0.25, 0.3) is 33.1 Å². The first kappa shape index (κ1) is 21.1. The molecule has 0 amide bonds. The predicted molar refractivity (Wildman–Crippen MR) is 135 cm³/mol. The number of aryl methyl sites for hydroxylation is 2. The van der Waals surface area contributed by atoms with Crippen LogP contribution in [-0.2, 0) is 12.8 Å². The lowest BCUT2D eigenvalue weighted by molar-refractivity contribution is 0.308. The summed E-state index contributed by atoms with van der Waals surface area (Å²) in [5, 5.41) is 1.23. The minimum absolute atomic E-state index is 0.693. The number of fused-ring (bicyclic) bond motifs is 2. The molecule has 164 valence electrons. The maximum absolute atomic E-state index is 6.25. The molecule has 5 rings (SSSR count). The van der Waals surface area contributed by atoms with Gasteiger partial charge in [0.2, 0.25) is 0 Å². The maximum atomic E-state index is 6.25. The summed E-state index contributed by atoms with van der Waals surface area (Å²) in [4.78, 5) is 13.3. The molecule has 0 radical (unpaired) electrons. The van der Waals surface area contributed by atoms with Crippen molar-refractivity contribution in [1.82, 2.24) is 15.0 Å². The summed E-state index contributed by atoms with van der Waals surface area (Å²) in [6, 6.07) is 23.2. The summed E-state index contributed by atoms with van der Waals surface area (Å²) in [7, 11) is 0. The first-order valence-electron chi connectivity index (χ1n) is 11.6. The average molecular weight is 434 g/mol. The third-order valence-corrected chi connectivity index (χ3v) is 5.97. The number of hydrogen-bond acceptors (Lipinski definition) is 4. The molecule has 2 aromatic heterocycles. The number of ether oxygens (including phenoxy) is 1. The van der Waals surface area contributed by atoms with Gasteiger partial charge in [0, 0.05) is 24.0 Å². The Kier molecular flexibility index (Phi) is 6.25. The van der Waals surface area contributed by atoms with Crippen molar-refractivity contribution in [3.8, 4) is 16.9 Å². The molecule has 0 aliphatic heterocycles. The largest absolute Gasteiger partial charge is 0.493 e. The topological polar surface area (TPSA) is 47.9 Å². The molecule has 2 heterocycles. The van der Waals surface area contributed by atoms with Crippen molar-refractivity contribution >= 4 is 21.9 Å². The Morgan fingerprint density at radius 2 is 1.45 bits per heavy atom. The van der Waals surface area contributed by atoms with Crippen LogP contribution in [0, 0.1) is 0 Å². The zero-order valence-electron chi connectivity index (χ0n) is 18.9. The molecule has 33 heavy (non-hydrogen) atoms. The predicted octanol–water partition coefficient (Wildman–Crippen LogP) is 6.81. The summed E-state index contributed by atoms with van der Waals surface area (Å²) in [6.45, 7) is 2.90. The first-order valence-corrected chi connectivity index (χ1v) is 11.6. The Hall–Kier alpha value is -3.79. The van der Waals surface area contributed by atoms with Crippen LogP contribution >= 0.6 is 0 Å². The van der Waals surface area contributed by atoms with Crippen molar-refractivity contribution < 1.29 is 4.74 Å². The maximum Gasteiger partial charge on any atom is 0.122 e. The van der Waals surface area contributed by atoms with Gasteiger partial charge in [-0.15, -0.1) is 0 Å². The van der Waals surface area contributed by atoms with E-state index in [0.717, 1.165) is 53.5 Å². The molecule has 0 saturated carbocycles. The van der Waals surface area contributed by atoms with E-state index < -0.39 is 0 Å². The summed E-state index contributed by atoms with van der Waals surface area (Å²) in [5.74, 6) is 0.987. The highest BCUT2D eigenvalue weighted by Crippen LogP contribution is 2.29. The quantitative estimate of drug-likeness (QED) is 0.252. The van der Waals surface area contributed by atoms with Gasteiger partial charge in [0.15, 0.2) is 0 Å². The molecular weight excluding hydrogens is 406 g/mol. The Morgan fingerprint density at radius 1 is 0.667 bits per heavy atom. The van der Waals surface area contributed by atoms with Gasteiger partial charge in [-0.25, -0.2) is 0 Å². The van der Waals surface area contributed by atoms with Crippen LogP contribution in [-0.4, -0.2) is 21.6 Å². The fourth-order valence-corrected chi connectivity index (χ4v) is 4.33. The second-order valence-electron chi connectivity index (χ2n) is 8.27. The van der Waals surface area contributed by atoms with E-state index in [2.05, 4.69) is 76.5 Å². The number of benzene rings is 3. The van der Waals surface area contributed by atoms with Crippen molar-refractivity contribution in [3.63, 3.8) is 0 Å². The molecule has 4 nitrogen and oxygen atoms in total. The van der Waals surface area contributed by atoms with Crippen LogP contribution in [0.2, 0.25) is 0 Å². The number of para-hydroxylation sites is 1. The molecule has 0 spiro atoms. The lowest BCUT2D eigenvalue weighted by Gasteiger charge is -2.14. The Bertz CT molecular complexity index is 1390. The molecule has 0 aliphatic carbocycles. The van der Waals surface area contributed by atoms with Gasteiger partial charge in [0.25, 0.3) is 0 Å². The van der Waals surface area contributed by atoms with E-state index in [1.807, 2.05) is 18.3 Å². The van der Waals surface area contributed by atoms with Gasteiger partial charge in [-0.3, -0.25) is 15.0 Å². The van der Waals surface area contributed by atoms with Gasteiger partial charge in [-0.2, -0.15) is 0 Å². The van der Waals surface area contributed by atoms with Gasteiger partial charge in [-0.1, -0.05) is 43.7 Å². The van der Waals surface area contributed by atoms with Crippen molar-refractivity contribution in [3.05, 3.63) is 96.4 Å². The highest BCUT2D eigenvalue weighted by Gasteiger charge is 2.08. The van der Waals surface area contributed by atoms with E-state index in [1.54, 1.807) is 12.4 Å². The molecule has 0 unspecified atom stereocenters. The van der Waals surface area contributed by atoms with E-state index >= 15 is 0 Å². The van der Waals surface area contributed by atoms with Gasteiger partial charge in [0.1, 0.15) is 5.75 Å². The number of aromatic nitrogens is 3. The summed E-state index contributed by atoms with van der Waals surface area (Å²) >= 11 is 0. The third-order valence-electron chi connectivity index (χ3n) is 5.97. The van der Waals surface area contributed by atoms with Crippen molar-refractivity contribution in [2.24, 2.45) is 0 Å². The molecule has 0 bridgehead atoms. The van der Waals surface area contributed by atoms with Gasteiger partial charge in [-0.05, 0) is 77.9 Å². The molecule has 0 fully saturated rings. The van der Waals surface area contributed by atoms with Gasteiger partial charge >= 0.3 is 0 Å². The number of pyridine rings is 1. The molecule has 3 aromatic carbocycles. The second kappa shape index (κ2) is 9.78. The number of hydrogen-bond donors (Lipinski definition) is 0. The number of nitrogens with zero attached hydrogens (tertiary/aromatic N) is 3. The van der Waals surface area contributed by atoms with E-state index in [0.29, 0.717) is 6.61 Å². The van der Waals surface area contributed by atoms with Crippen LogP contribution in [0.15, 0.2) is 85.3 Å². The van der Waals surface area contributed by atoms with Crippen LogP contribution in [0.4, 0.5) is 0 Å². The lowest BCUT2D eigenvalue weighted by atomic mass is 9.99. The Morgan fingerprint density at radius 3 is 2.36 bits per heavy atom. The van der Waals surface area contributed by atoms with E-state index in [1.165, 1.54) is 22.1 Å². The lowest BCUT2D eigenvalue weighted by Crippen LogP contribution is -2.02. The normalized spacial score (nSPS) is 11.2. The van der Waals surface area contributed by atoms with Crippen LogP contribution < -0.4 is 4.74 Å². The third kappa shape index (κ3) is 4.70. The van der Waals surface area contributed by atoms with Crippen molar-refractivity contribution in [1.29, 1.82) is 0 Å². The van der Waals surface area contributed by atoms with Crippen LogP contribution in [0.3, 0.4) is 0 Å². The summed E-state index contributed by atoms with van der Waals surface area (Å²) in [5.41, 5.74) is 7.79. The molecule has 0 N–H and O–H groups in total. The zero-order chi connectivity index (χ0) is 22.5. The number of rotatable bonds is 8. The SMILES string of the molecule is CCCc1cc(-c2ccc3nccnc3c2)ccc1OCCCc1ccnc2ccccc12. The summed E-state index contributed by atoms with van der Waals surface area (Å²) < 4.78 is 6.25. The standard InChI is InChI=1S/C29H27N3O/c1-2-6-24-19-22(23-10-12-27-28(20-23)32-17-16-31-27)11-13-29(24)33-18-5-7-21-14-15-30-26-9-4-3-8-25(21)26/h3-4,8-17,19-20H,2,5-7,18H2,1H3.